The molecule has 3 heterocycles. The van der Waals surface area contributed by atoms with Gasteiger partial charge in [-0.05, 0) is 69.7 Å². The van der Waals surface area contributed by atoms with Crippen molar-refractivity contribution in [1.82, 2.24) is 58.1 Å². The molecule has 12 amide bonds. The Morgan fingerprint density at radius 2 is 1.53 bits per heavy atom. The van der Waals surface area contributed by atoms with E-state index in [1.807, 2.05) is 6.92 Å². The van der Waals surface area contributed by atoms with E-state index in [-0.39, 0.29) is 60.6 Å². The molecule has 28 heteroatoms. The van der Waals surface area contributed by atoms with Gasteiger partial charge >= 0.3 is 0 Å². The number of fused-ring (bicyclic) bond motifs is 1. The van der Waals surface area contributed by atoms with Gasteiger partial charge in [0.15, 0.2) is 0 Å². The van der Waals surface area contributed by atoms with Gasteiger partial charge in [-0.15, -0.1) is 0 Å². The van der Waals surface area contributed by atoms with Gasteiger partial charge in [-0.25, -0.2) is 0 Å². The molecule has 0 aromatic carbocycles. The van der Waals surface area contributed by atoms with Crippen molar-refractivity contribution >= 4 is 94.4 Å². The normalized spacial score (nSPS) is 26.1. The van der Waals surface area contributed by atoms with Crippen LogP contribution in [0, 0.1) is 17.8 Å². The molecule has 79 heavy (non-hydrogen) atoms. The van der Waals surface area contributed by atoms with Crippen LogP contribution in [0.4, 0.5) is 0 Å². The fourth-order valence-electron chi connectivity index (χ4n) is 8.58. The van der Waals surface area contributed by atoms with Crippen molar-refractivity contribution < 1.29 is 57.5 Å². The van der Waals surface area contributed by atoms with E-state index in [4.69, 9.17) is 17.2 Å². The predicted octanol–water partition coefficient (Wildman–Crippen LogP) is -2.90. The summed E-state index contributed by atoms with van der Waals surface area (Å²) in [6, 6.07) is -11.6. The number of nitrogens with two attached hydrogens (primary N) is 3. The monoisotopic (exact) mass is 1150 g/mol. The zero-order valence-electron chi connectivity index (χ0n) is 46.6. The highest BCUT2D eigenvalue weighted by Gasteiger charge is 2.42. The molecule has 0 aromatic heterocycles. The number of primary amides is 1. The van der Waals surface area contributed by atoms with Crippen LogP contribution in [-0.2, 0) is 57.5 Å². The van der Waals surface area contributed by atoms with Gasteiger partial charge in [0.05, 0.1) is 18.3 Å². The van der Waals surface area contributed by atoms with Crippen LogP contribution in [0.1, 0.15) is 107 Å². The summed E-state index contributed by atoms with van der Waals surface area (Å²) in [5.41, 5.74) is 16.7. The Morgan fingerprint density at radius 1 is 0.848 bits per heavy atom. The first-order chi connectivity index (χ1) is 37.3. The van der Waals surface area contributed by atoms with Crippen LogP contribution in [0.15, 0.2) is 24.0 Å². The van der Waals surface area contributed by atoms with Gasteiger partial charge in [-0.1, -0.05) is 74.0 Å². The topological polar surface area (TPSA) is 406 Å². The number of allylic oxidation sites excluding steroid dienone is 1. The number of carbonyl (C=O) groups is 12. The predicted molar refractivity (Wildman–Crippen MR) is 298 cm³/mol. The van der Waals surface area contributed by atoms with Gasteiger partial charge in [0.2, 0.25) is 59.1 Å². The van der Waals surface area contributed by atoms with Crippen LogP contribution in [0.3, 0.4) is 0 Å². The molecule has 16 N–H and O–H groups in total. The number of unbranched alkanes of at least 4 members (excludes halogenated alkanes) is 1. The Morgan fingerprint density at radius 3 is 2.15 bits per heavy atom. The summed E-state index contributed by atoms with van der Waals surface area (Å²) in [7, 11) is 0. The fourth-order valence-corrected chi connectivity index (χ4v) is 10.8. The quantitative estimate of drug-likeness (QED) is 0.0456. The van der Waals surface area contributed by atoms with Crippen LogP contribution < -0.4 is 70.4 Å². The van der Waals surface area contributed by atoms with Crippen LogP contribution in [0.25, 0.3) is 0 Å². The smallest absolute Gasteiger partial charge is 0.268 e. The van der Waals surface area contributed by atoms with Gasteiger partial charge in [0.25, 0.3) is 11.8 Å². The van der Waals surface area contributed by atoms with E-state index in [1.54, 1.807) is 41.5 Å². The largest absolute Gasteiger partial charge is 0.368 e. The average Bonchev–Trinajstić information content (AvgIpc) is 3.94. The summed E-state index contributed by atoms with van der Waals surface area (Å²) >= 11 is 1.93. The minimum absolute atomic E-state index is 0.0401. The summed E-state index contributed by atoms with van der Waals surface area (Å²) < 4.78 is 0. The molecule has 0 radical (unpaired) electrons. The number of carbonyl (C=O) groups excluding carboxylic acids is 12. The fraction of sp³-hybridized carbons (Fsp3) is 0.686. The van der Waals surface area contributed by atoms with E-state index < -0.39 is 149 Å². The third-order valence-electron chi connectivity index (χ3n) is 13.9. The first-order valence-electron chi connectivity index (χ1n) is 26.9. The number of nitrogens with one attached hydrogen (secondary N) is 10. The first-order valence-corrected chi connectivity index (χ1v) is 29.1. The molecule has 0 spiro atoms. The van der Waals surface area contributed by atoms with E-state index >= 15 is 0 Å². The second kappa shape index (κ2) is 32.7. The van der Waals surface area contributed by atoms with Crippen molar-refractivity contribution in [3.8, 4) is 0 Å². The lowest BCUT2D eigenvalue weighted by molar-refractivity contribution is -0.142. The second-order valence-electron chi connectivity index (χ2n) is 20.5. The lowest BCUT2D eigenvalue weighted by atomic mass is 9.97. The van der Waals surface area contributed by atoms with Gasteiger partial charge in [-0.3, -0.25) is 57.5 Å². The molecule has 3 aliphatic rings. The van der Waals surface area contributed by atoms with Crippen molar-refractivity contribution in [3.63, 3.8) is 0 Å². The minimum atomic E-state index is -1.55. The number of rotatable bonds is 19. The van der Waals surface area contributed by atoms with Gasteiger partial charge in [0, 0.05) is 29.1 Å². The standard InChI is InChI=1S/C51H84N14O12S2/c1-10-26(6)38(53)49(75)58-30(12-3)43(69)61-33-22-78-23-34(62-44(70)32(20-25(4)5)60-42(68)28(8)56-50(76)39(27(7)11-2)63-46(33)72)47(73)64-40-29(9)79-24-35(45(71)59-31(41(54)67)16-13-14-18-52)57-37(66)21-55-48(74)36-17-15-19-65(36)51(40)77/h12,25-27,29,31-36,38-40H,8,10-11,13-24,52-53H2,1-7,9H3,(H2,54,67)(H,55,74)(H,56,76)(H,57,66)(H,58,75)(H,59,71)(H,60,68)(H,61,69)(H,62,70)(H,63,72)(H,64,73)/b30-12-/t26-,27-,29-,31-,32-,33-,34-,35-,36-,38-,39-,40-/m0/s1. The van der Waals surface area contributed by atoms with Crippen molar-refractivity contribution in [2.45, 2.75) is 166 Å². The molecule has 26 nitrogen and oxygen atoms in total. The number of hydrogen-bond donors (Lipinski definition) is 13. The van der Waals surface area contributed by atoms with Crippen molar-refractivity contribution in [3.05, 3.63) is 24.0 Å². The van der Waals surface area contributed by atoms with E-state index in [0.717, 1.165) is 23.5 Å². The van der Waals surface area contributed by atoms with Gasteiger partial charge < -0.3 is 75.3 Å². The van der Waals surface area contributed by atoms with Crippen molar-refractivity contribution in [1.29, 1.82) is 0 Å². The van der Waals surface area contributed by atoms with Crippen LogP contribution in [-0.4, -0.2) is 172 Å². The molecule has 0 unspecified atom stereocenters. The Hall–Kier alpha value is -6.26. The highest BCUT2D eigenvalue weighted by atomic mass is 32.2. The van der Waals surface area contributed by atoms with Crippen molar-refractivity contribution in [2.75, 3.05) is 36.9 Å². The molecule has 0 aliphatic carbocycles. The molecule has 3 saturated heterocycles. The maximum Gasteiger partial charge on any atom is 0.268 e. The lowest BCUT2D eigenvalue weighted by Gasteiger charge is -2.33. The molecule has 0 aromatic rings. The minimum Gasteiger partial charge on any atom is -0.368 e. The highest BCUT2D eigenvalue weighted by molar-refractivity contribution is 8.00. The zero-order chi connectivity index (χ0) is 59.3. The van der Waals surface area contributed by atoms with Crippen LogP contribution in [0.5, 0.6) is 0 Å². The Bertz CT molecular complexity index is 2290. The molecular formula is C51H84N14O12S2. The molecule has 0 saturated carbocycles. The third kappa shape index (κ3) is 20.4. The van der Waals surface area contributed by atoms with E-state index in [9.17, 15) is 57.5 Å². The number of hydrogen-bond acceptors (Lipinski definition) is 16. The van der Waals surface area contributed by atoms with E-state index in [0.29, 0.717) is 38.6 Å². The molecule has 12 atom stereocenters. The maximum atomic E-state index is 14.9. The first kappa shape index (κ1) is 67.0. The molecule has 3 fully saturated rings. The Labute approximate surface area is 470 Å². The molecule has 0 bridgehead atoms. The molecule has 442 valence electrons. The van der Waals surface area contributed by atoms with Gasteiger partial charge in [0.1, 0.15) is 54.0 Å². The van der Waals surface area contributed by atoms with E-state index in [1.165, 1.54) is 17.9 Å². The molecular weight excluding hydrogens is 1060 g/mol. The molecule has 3 rings (SSSR count). The Kier molecular flexibility index (Phi) is 27.8. The number of thioether (sulfide) groups is 2. The second-order valence-corrected chi connectivity index (χ2v) is 23.0. The highest BCUT2D eigenvalue weighted by Crippen LogP contribution is 2.25. The molecule has 3 aliphatic heterocycles. The number of amides is 12. The van der Waals surface area contributed by atoms with Crippen molar-refractivity contribution in [2.24, 2.45) is 35.0 Å². The van der Waals surface area contributed by atoms with Crippen LogP contribution in [0.2, 0.25) is 0 Å². The zero-order valence-corrected chi connectivity index (χ0v) is 48.2. The number of nitrogens with zero attached hydrogens (tertiary/aromatic N) is 1. The third-order valence-corrected chi connectivity index (χ3v) is 16.4. The summed E-state index contributed by atoms with van der Waals surface area (Å²) in [5, 5.41) is 25.1. The maximum absolute atomic E-state index is 14.9. The Balaban J connectivity index is 2.13. The van der Waals surface area contributed by atoms with Crippen LogP contribution >= 0.6 is 23.5 Å². The summed E-state index contributed by atoms with van der Waals surface area (Å²) in [6.45, 7) is 17.3. The van der Waals surface area contributed by atoms with E-state index in [2.05, 4.69) is 59.7 Å². The summed E-state index contributed by atoms with van der Waals surface area (Å²) in [4.78, 5) is 167. The van der Waals surface area contributed by atoms with Gasteiger partial charge in [-0.2, -0.15) is 23.5 Å². The summed E-state index contributed by atoms with van der Waals surface area (Å²) in [6.07, 6.45) is 4.08. The lowest BCUT2D eigenvalue weighted by Crippen LogP contribution is -2.61. The SMILES string of the molecule is C=C1NC(=O)[C@H]([C@@H](C)CC)NC(=O)[C@@H](NC(=O)/C(=C/C)NC(=O)[C@@H](N)[C@@H](C)CC)CSC[C@@H](C(=O)N[C@@H]2C(=O)N3CCC[C@H]3C(=O)NCC(=O)N[C@H](C(=O)N[C@@H](CCCCN)C(N)=O)CS[C@H]2C)NC(=O)[C@H](CC(C)C)NC1=O. The average molecular weight is 1150 g/mol. The summed E-state index contributed by atoms with van der Waals surface area (Å²) in [5.74, 6) is -11.5.